The van der Waals surface area contributed by atoms with Gasteiger partial charge < -0.3 is 14.8 Å². The fraction of sp³-hybridized carbons (Fsp3) is 0.381. The zero-order valence-electron chi connectivity index (χ0n) is 17.3. The average Bonchev–Trinajstić information content (AvgIpc) is 2.60. The highest BCUT2D eigenvalue weighted by Crippen LogP contribution is 2.16. The van der Waals surface area contributed by atoms with Gasteiger partial charge in [0.1, 0.15) is 12.2 Å². The molecule has 2 amide bonds. The fourth-order valence-corrected chi connectivity index (χ4v) is 2.42. The van der Waals surface area contributed by atoms with E-state index < -0.39 is 23.0 Å². The normalized spacial score (nSPS) is 11.1. The van der Waals surface area contributed by atoms with E-state index in [9.17, 15) is 14.4 Å². The van der Waals surface area contributed by atoms with Crippen LogP contribution in [0.1, 0.15) is 50.7 Å². The monoisotopic (exact) mass is 401 g/mol. The molecule has 0 saturated heterocycles. The molecule has 0 fully saturated rings. The van der Waals surface area contributed by atoms with Gasteiger partial charge in [-0.3, -0.25) is 9.59 Å². The van der Waals surface area contributed by atoms with E-state index in [1.165, 1.54) is 12.3 Å². The first kappa shape index (κ1) is 22.0. The van der Waals surface area contributed by atoms with Gasteiger partial charge in [0, 0.05) is 18.3 Å². The van der Waals surface area contributed by atoms with Crippen molar-refractivity contribution < 1.29 is 19.1 Å². The van der Waals surface area contributed by atoms with Crippen LogP contribution in [0.3, 0.4) is 0 Å². The van der Waals surface area contributed by atoms with Gasteiger partial charge in [-0.25, -0.2) is 14.9 Å². The molecule has 1 aromatic carbocycles. The molecule has 0 radical (unpaired) electrons. The Morgan fingerprint density at radius 3 is 2.34 bits per heavy atom. The van der Waals surface area contributed by atoms with E-state index in [0.29, 0.717) is 0 Å². The van der Waals surface area contributed by atoms with Crippen molar-refractivity contribution in [3.8, 4) is 5.75 Å². The summed E-state index contributed by atoms with van der Waals surface area (Å²) >= 11 is 0. The lowest BCUT2D eigenvalue weighted by molar-refractivity contribution is 0.0612. The number of aromatic nitrogens is 1. The van der Waals surface area contributed by atoms with Crippen molar-refractivity contribution in [2.45, 2.75) is 52.9 Å². The summed E-state index contributed by atoms with van der Waals surface area (Å²) < 4.78 is 12.1. The van der Waals surface area contributed by atoms with E-state index in [0.717, 1.165) is 10.2 Å². The highest BCUT2D eigenvalue weighted by molar-refractivity contribution is 5.96. The maximum absolute atomic E-state index is 12.8. The third kappa shape index (κ3) is 6.67. The summed E-state index contributed by atoms with van der Waals surface area (Å²) in [6.07, 6.45) is 0.519. The molecule has 0 aliphatic heterocycles. The maximum Gasteiger partial charge on any atom is 0.426 e. The number of ether oxygens (including phenoxy) is 2. The van der Waals surface area contributed by atoms with Crippen LogP contribution in [0.5, 0.6) is 5.75 Å². The number of nitrogens with zero attached hydrogens (tertiary/aromatic N) is 1. The van der Waals surface area contributed by atoms with Crippen molar-refractivity contribution in [2.75, 3.05) is 5.43 Å². The van der Waals surface area contributed by atoms with Crippen LogP contribution in [0.4, 0.5) is 4.79 Å². The zero-order chi connectivity index (χ0) is 21.6. The Morgan fingerprint density at radius 2 is 1.76 bits per heavy atom. The van der Waals surface area contributed by atoms with E-state index in [-0.39, 0.29) is 24.1 Å². The van der Waals surface area contributed by atoms with Crippen LogP contribution >= 0.6 is 0 Å². The quantitative estimate of drug-likeness (QED) is 0.775. The summed E-state index contributed by atoms with van der Waals surface area (Å²) in [7, 11) is 0. The molecule has 2 aromatic rings. The number of amides is 2. The zero-order valence-corrected chi connectivity index (χ0v) is 17.3. The van der Waals surface area contributed by atoms with Crippen molar-refractivity contribution in [3.63, 3.8) is 0 Å². The molecule has 156 valence electrons. The van der Waals surface area contributed by atoms with Crippen LogP contribution in [0.2, 0.25) is 0 Å². The molecule has 0 bridgehead atoms. The van der Waals surface area contributed by atoms with Gasteiger partial charge in [-0.05, 0) is 40.2 Å². The highest BCUT2D eigenvalue weighted by Gasteiger charge is 2.24. The second kappa shape index (κ2) is 9.27. The number of pyridine rings is 1. The van der Waals surface area contributed by atoms with Crippen LogP contribution in [0.15, 0.2) is 47.4 Å². The Balaban J connectivity index is 2.40. The van der Waals surface area contributed by atoms with Gasteiger partial charge in [0.05, 0.1) is 0 Å². The number of carbonyl (C=O) groups excluding carboxylic acids is 2. The van der Waals surface area contributed by atoms with Gasteiger partial charge in [0.25, 0.3) is 5.91 Å². The van der Waals surface area contributed by atoms with E-state index in [1.54, 1.807) is 34.6 Å². The molecular formula is C21H27N3O5. The number of nitrogens with one attached hydrogen (secondary N) is 2. The molecule has 0 saturated carbocycles. The summed E-state index contributed by atoms with van der Waals surface area (Å²) in [5.74, 6) is -0.720. The number of hydrogen-bond acceptors (Lipinski definition) is 5. The summed E-state index contributed by atoms with van der Waals surface area (Å²) in [6.45, 7) is 8.83. The predicted octanol–water partition coefficient (Wildman–Crippen LogP) is 3.04. The second-order valence-electron chi connectivity index (χ2n) is 7.74. The van der Waals surface area contributed by atoms with Gasteiger partial charge in [-0.15, -0.1) is 0 Å². The van der Waals surface area contributed by atoms with Crippen molar-refractivity contribution in [1.29, 1.82) is 0 Å². The van der Waals surface area contributed by atoms with E-state index in [2.05, 4.69) is 10.7 Å². The first-order chi connectivity index (χ1) is 13.6. The van der Waals surface area contributed by atoms with Crippen LogP contribution < -0.4 is 20.9 Å². The molecule has 0 aliphatic carbocycles. The SMILES string of the molecule is CC(C)NC(=O)c1c(OCc2ccccc2)c(=O)ccn1NC(=O)OC(C)(C)C. The first-order valence-corrected chi connectivity index (χ1v) is 9.30. The topological polar surface area (TPSA) is 98.7 Å². The van der Waals surface area contributed by atoms with Gasteiger partial charge in [0.2, 0.25) is 5.43 Å². The first-order valence-electron chi connectivity index (χ1n) is 9.30. The molecule has 0 unspecified atom stereocenters. The van der Waals surface area contributed by atoms with Crippen molar-refractivity contribution in [3.05, 3.63) is 64.1 Å². The lowest BCUT2D eigenvalue weighted by Gasteiger charge is -2.22. The lowest BCUT2D eigenvalue weighted by Crippen LogP contribution is -2.38. The summed E-state index contributed by atoms with van der Waals surface area (Å²) in [4.78, 5) is 37.4. The van der Waals surface area contributed by atoms with E-state index in [1.807, 2.05) is 30.3 Å². The van der Waals surface area contributed by atoms with Gasteiger partial charge in [0.15, 0.2) is 11.4 Å². The standard InChI is InChI=1S/C21H27N3O5/c1-14(2)22-19(26)17-18(28-13-15-9-7-6-8-10-15)16(25)11-12-24(17)23-20(27)29-21(3,4)5/h6-12,14H,13H2,1-5H3,(H,22,26)(H,23,27). The van der Waals surface area contributed by atoms with Crippen molar-refractivity contribution in [1.82, 2.24) is 9.99 Å². The molecule has 0 atom stereocenters. The fourth-order valence-electron chi connectivity index (χ4n) is 2.42. The van der Waals surface area contributed by atoms with Crippen LogP contribution in [-0.2, 0) is 11.3 Å². The van der Waals surface area contributed by atoms with Gasteiger partial charge in [-0.1, -0.05) is 30.3 Å². The number of carbonyl (C=O) groups is 2. The molecule has 29 heavy (non-hydrogen) atoms. The number of benzene rings is 1. The molecule has 1 heterocycles. The number of rotatable bonds is 6. The largest absolute Gasteiger partial charge is 0.482 e. The minimum Gasteiger partial charge on any atom is -0.482 e. The van der Waals surface area contributed by atoms with Crippen molar-refractivity contribution >= 4 is 12.0 Å². The third-order valence-electron chi connectivity index (χ3n) is 3.53. The van der Waals surface area contributed by atoms with E-state index >= 15 is 0 Å². The molecule has 0 spiro atoms. The molecular weight excluding hydrogens is 374 g/mol. The molecule has 1 aromatic heterocycles. The molecule has 8 heteroatoms. The average molecular weight is 401 g/mol. The lowest BCUT2D eigenvalue weighted by atomic mass is 10.2. The predicted molar refractivity (Wildman–Crippen MR) is 110 cm³/mol. The maximum atomic E-state index is 12.8. The summed E-state index contributed by atoms with van der Waals surface area (Å²) in [5, 5.41) is 2.72. The smallest absolute Gasteiger partial charge is 0.426 e. The van der Waals surface area contributed by atoms with Crippen LogP contribution in [0.25, 0.3) is 0 Å². The van der Waals surface area contributed by atoms with Crippen LogP contribution in [-0.4, -0.2) is 28.3 Å². The Bertz CT molecular complexity index is 914. The molecule has 2 N–H and O–H groups in total. The highest BCUT2D eigenvalue weighted by atomic mass is 16.6. The Labute approximate surface area is 169 Å². The Hall–Kier alpha value is -3.29. The minimum absolute atomic E-state index is 0.0918. The van der Waals surface area contributed by atoms with E-state index in [4.69, 9.17) is 9.47 Å². The summed E-state index contributed by atoms with van der Waals surface area (Å²) in [6, 6.07) is 10.3. The summed E-state index contributed by atoms with van der Waals surface area (Å²) in [5.41, 5.74) is 1.98. The minimum atomic E-state index is -0.770. The second-order valence-corrected chi connectivity index (χ2v) is 7.74. The van der Waals surface area contributed by atoms with Crippen LogP contribution in [0, 0.1) is 0 Å². The number of hydrogen-bond donors (Lipinski definition) is 2. The molecule has 8 nitrogen and oxygen atoms in total. The Morgan fingerprint density at radius 1 is 1.10 bits per heavy atom. The molecule has 2 rings (SSSR count). The van der Waals surface area contributed by atoms with Crippen molar-refractivity contribution in [2.24, 2.45) is 0 Å². The third-order valence-corrected chi connectivity index (χ3v) is 3.53. The Kier molecular flexibility index (Phi) is 7.03. The van der Waals surface area contributed by atoms with Gasteiger partial charge in [-0.2, -0.15) is 0 Å². The van der Waals surface area contributed by atoms with Gasteiger partial charge >= 0.3 is 6.09 Å². The molecule has 0 aliphatic rings.